The van der Waals surface area contributed by atoms with Gasteiger partial charge in [-0.2, -0.15) is 0 Å². The quantitative estimate of drug-likeness (QED) is 0.0880. The molecule has 2 aliphatic heterocycles. The molecule has 0 bridgehead atoms. The molecule has 1 saturated carbocycles. The van der Waals surface area contributed by atoms with E-state index in [1.807, 2.05) is 27.7 Å². The van der Waals surface area contributed by atoms with E-state index in [9.17, 15) is 29.4 Å². The van der Waals surface area contributed by atoms with Crippen LogP contribution >= 0.6 is 0 Å². The van der Waals surface area contributed by atoms with Crippen LogP contribution in [0.15, 0.2) is 23.3 Å². The average molecular weight is 792 g/mol. The number of ketones is 2. The summed E-state index contributed by atoms with van der Waals surface area (Å²) in [6.07, 6.45) is 7.74. The highest BCUT2D eigenvalue weighted by atomic mass is 16.7. The van der Waals surface area contributed by atoms with Gasteiger partial charge in [0.2, 0.25) is 5.79 Å². The van der Waals surface area contributed by atoms with Gasteiger partial charge in [0.05, 0.1) is 24.4 Å². The van der Waals surface area contributed by atoms with Crippen molar-refractivity contribution in [2.45, 2.75) is 174 Å². The summed E-state index contributed by atoms with van der Waals surface area (Å²) in [6, 6.07) is -0.995. The second kappa shape index (κ2) is 22.0. The van der Waals surface area contributed by atoms with E-state index in [0.29, 0.717) is 44.9 Å². The van der Waals surface area contributed by atoms with Crippen LogP contribution in [0.2, 0.25) is 0 Å². The highest BCUT2D eigenvalue weighted by Gasteiger charge is 2.56. The number of nitrogens with zero attached hydrogens (tertiary/aromatic N) is 1. The van der Waals surface area contributed by atoms with Crippen molar-refractivity contribution in [3.8, 4) is 0 Å². The molecule has 3 fully saturated rings. The van der Waals surface area contributed by atoms with Crippen LogP contribution in [0, 0.1) is 29.6 Å². The fourth-order valence-electron chi connectivity index (χ4n) is 9.06. The van der Waals surface area contributed by atoms with Gasteiger partial charge in [0.1, 0.15) is 24.0 Å². The van der Waals surface area contributed by atoms with Crippen molar-refractivity contribution in [2.75, 3.05) is 27.9 Å². The van der Waals surface area contributed by atoms with Gasteiger partial charge in [0, 0.05) is 39.7 Å². The third-order valence-corrected chi connectivity index (χ3v) is 12.3. The first-order valence-electron chi connectivity index (χ1n) is 21.0. The molecule has 0 radical (unpaired) electrons. The van der Waals surface area contributed by atoms with Crippen molar-refractivity contribution in [3.63, 3.8) is 0 Å². The number of aliphatic hydroxyl groups is 2. The predicted octanol–water partition coefficient (Wildman–Crippen LogP) is 6.14. The summed E-state index contributed by atoms with van der Waals surface area (Å²) in [4.78, 5) is 55.7. The lowest BCUT2D eigenvalue weighted by molar-refractivity contribution is -0.302. The molecule has 1 aliphatic carbocycles. The number of hydrogen-bond donors (Lipinski definition) is 2. The van der Waals surface area contributed by atoms with Crippen molar-refractivity contribution in [2.24, 2.45) is 29.6 Å². The maximum absolute atomic E-state index is 14.2. The van der Waals surface area contributed by atoms with Crippen molar-refractivity contribution < 1.29 is 53.1 Å². The normalized spacial score (nSPS) is 31.4. The molecule has 3 aliphatic rings. The number of methoxy groups -OCH3 is 3. The molecule has 0 aromatic heterocycles. The minimum Gasteiger partial charge on any atom is -0.456 e. The van der Waals surface area contributed by atoms with Gasteiger partial charge in [0.15, 0.2) is 0 Å². The second-order valence-electron chi connectivity index (χ2n) is 17.3. The zero-order valence-electron chi connectivity index (χ0n) is 36.1. The van der Waals surface area contributed by atoms with E-state index < -0.39 is 65.9 Å². The standard InChI is InChI=1S/C44H73NO11/c1-12-15-33(31(8)46)21-27(4)20-28(5)22-37(53-10)40-38(54-11)24-30(7)44(51,56-40)41(48)42(49)45-19-14-13-16-34(45)43(50)55-39(26(2)3)29(6)23-32-17-18-35(47)36(25-32)52-9/h21,23,26,28,30,32-40,47,51H,12-20,22,24-25H2,1-11H3/b27-21+,29-23+/t28-,30+,32-,33+,34-,35+,36+,37-,38-,39-,40+,44+/m0/s1. The van der Waals surface area contributed by atoms with E-state index in [1.165, 1.54) is 4.90 Å². The zero-order valence-corrected chi connectivity index (χ0v) is 36.1. The molecular weight excluding hydrogens is 718 g/mol. The maximum Gasteiger partial charge on any atom is 0.329 e. The molecule has 0 aromatic carbocycles. The van der Waals surface area contributed by atoms with Crippen LogP contribution in [0.3, 0.4) is 0 Å². The third-order valence-electron chi connectivity index (χ3n) is 12.3. The molecule has 12 atom stereocenters. The molecule has 12 nitrogen and oxygen atoms in total. The first-order chi connectivity index (χ1) is 26.4. The van der Waals surface area contributed by atoms with E-state index in [0.717, 1.165) is 30.4 Å². The van der Waals surface area contributed by atoms with Gasteiger partial charge in [-0.3, -0.25) is 14.4 Å². The molecule has 56 heavy (non-hydrogen) atoms. The Bertz CT molecular complexity index is 1380. The Labute approximate surface area is 336 Å². The summed E-state index contributed by atoms with van der Waals surface area (Å²) in [7, 11) is 4.70. The van der Waals surface area contributed by atoms with Crippen molar-refractivity contribution in [1.82, 2.24) is 4.90 Å². The molecule has 0 aromatic rings. The maximum atomic E-state index is 14.2. The van der Waals surface area contributed by atoms with Crippen LogP contribution in [0.25, 0.3) is 0 Å². The number of esters is 1. The van der Waals surface area contributed by atoms with Crippen LogP contribution in [-0.2, 0) is 42.9 Å². The Hall–Kier alpha value is -2.48. The molecule has 0 spiro atoms. The molecule has 2 N–H and O–H groups in total. The van der Waals surface area contributed by atoms with Crippen LogP contribution in [0.4, 0.5) is 0 Å². The topological polar surface area (TPSA) is 158 Å². The predicted molar refractivity (Wildman–Crippen MR) is 213 cm³/mol. The Morgan fingerprint density at radius 3 is 2.23 bits per heavy atom. The van der Waals surface area contributed by atoms with E-state index in [-0.39, 0.29) is 48.5 Å². The molecule has 320 valence electrons. The number of carbonyl (C=O) groups excluding carboxylic acids is 4. The summed E-state index contributed by atoms with van der Waals surface area (Å²) < 4.78 is 29.6. The van der Waals surface area contributed by atoms with Gasteiger partial charge >= 0.3 is 5.97 Å². The van der Waals surface area contributed by atoms with E-state index in [2.05, 4.69) is 26.0 Å². The number of amides is 1. The average Bonchev–Trinajstić information content (AvgIpc) is 3.16. The SMILES string of the molecule is CCC[C@H](/C=C(\C)C[C@H](C)C[C@H](OC)[C@H]1O[C@@](O)(C(=O)C(=O)N2CCCC[C@H]2C(=O)O[C@H](/C(C)=C/[C@@H]2CC[C@@H](O)[C@H](OC)C2)C(C)C)[C@H](C)C[C@@H]1OC)C(C)=O. The highest BCUT2D eigenvalue weighted by molar-refractivity contribution is 6.39. The van der Waals surface area contributed by atoms with Crippen LogP contribution < -0.4 is 0 Å². The molecular formula is C44H73NO11. The second-order valence-corrected chi connectivity index (χ2v) is 17.3. The Kier molecular flexibility index (Phi) is 18.9. The van der Waals surface area contributed by atoms with Crippen molar-refractivity contribution in [3.05, 3.63) is 23.3 Å². The van der Waals surface area contributed by atoms with E-state index in [4.69, 9.17) is 23.7 Å². The molecule has 3 rings (SSSR count). The number of rotatable bonds is 19. The number of allylic oxidation sites excluding steroid dienone is 3. The van der Waals surface area contributed by atoms with Crippen molar-refractivity contribution in [1.29, 1.82) is 0 Å². The molecule has 0 unspecified atom stereocenters. The molecule has 2 saturated heterocycles. The highest BCUT2D eigenvalue weighted by Crippen LogP contribution is 2.39. The number of hydrogen-bond acceptors (Lipinski definition) is 11. The largest absolute Gasteiger partial charge is 0.456 e. The van der Waals surface area contributed by atoms with Crippen LogP contribution in [-0.4, -0.2) is 115 Å². The Morgan fingerprint density at radius 1 is 0.964 bits per heavy atom. The minimum absolute atomic E-state index is 0.0604. The molecule has 12 heteroatoms. The summed E-state index contributed by atoms with van der Waals surface area (Å²) in [6.45, 7) is 15.5. The molecule has 2 heterocycles. The smallest absolute Gasteiger partial charge is 0.329 e. The summed E-state index contributed by atoms with van der Waals surface area (Å²) >= 11 is 0. The number of likely N-dealkylation sites (tertiary alicyclic amines) is 1. The fourth-order valence-corrected chi connectivity index (χ4v) is 9.06. The first kappa shape index (κ1) is 47.9. The number of carbonyl (C=O) groups is 4. The minimum atomic E-state index is -2.47. The summed E-state index contributed by atoms with van der Waals surface area (Å²) in [5.74, 6) is -5.73. The summed E-state index contributed by atoms with van der Waals surface area (Å²) in [5.41, 5.74) is 1.99. The van der Waals surface area contributed by atoms with E-state index in [1.54, 1.807) is 35.2 Å². The van der Waals surface area contributed by atoms with Crippen LogP contribution in [0.5, 0.6) is 0 Å². The van der Waals surface area contributed by atoms with Crippen LogP contribution in [0.1, 0.15) is 126 Å². The van der Waals surface area contributed by atoms with Gasteiger partial charge in [-0.25, -0.2) is 4.79 Å². The van der Waals surface area contributed by atoms with Crippen molar-refractivity contribution >= 4 is 23.4 Å². The van der Waals surface area contributed by atoms with Gasteiger partial charge < -0.3 is 38.8 Å². The number of aliphatic hydroxyl groups excluding tert-OH is 1. The van der Waals surface area contributed by atoms with Gasteiger partial charge in [-0.05, 0) is 108 Å². The number of piperidine rings is 1. The first-order valence-corrected chi connectivity index (χ1v) is 21.0. The molecule has 1 amide bonds. The van der Waals surface area contributed by atoms with E-state index >= 15 is 0 Å². The number of ether oxygens (including phenoxy) is 5. The summed E-state index contributed by atoms with van der Waals surface area (Å²) in [5, 5.41) is 22.3. The Morgan fingerprint density at radius 2 is 1.64 bits per heavy atom. The number of Topliss-reactive ketones (excluding diaryl/α,β-unsaturated/α-hetero) is 2. The third kappa shape index (κ3) is 12.3. The Balaban J connectivity index is 1.78. The lowest BCUT2D eigenvalue weighted by Gasteiger charge is -2.47. The van der Waals surface area contributed by atoms with Gasteiger partial charge in [-0.15, -0.1) is 0 Å². The lowest BCUT2D eigenvalue weighted by atomic mass is 9.82. The lowest BCUT2D eigenvalue weighted by Crippen LogP contribution is -2.64. The fraction of sp³-hybridized carbons (Fsp3) is 0.818. The zero-order chi connectivity index (χ0) is 41.9. The van der Waals surface area contributed by atoms with Gasteiger partial charge in [0.25, 0.3) is 11.7 Å². The monoisotopic (exact) mass is 792 g/mol. The van der Waals surface area contributed by atoms with Gasteiger partial charge in [-0.1, -0.05) is 58.8 Å².